The van der Waals surface area contributed by atoms with E-state index in [1.807, 2.05) is 0 Å². The number of benzene rings is 2. The van der Waals surface area contributed by atoms with Crippen molar-refractivity contribution in [3.63, 3.8) is 0 Å². The summed E-state index contributed by atoms with van der Waals surface area (Å²) in [5, 5.41) is 34.2. The van der Waals surface area contributed by atoms with Crippen LogP contribution in [-0.4, -0.2) is 77.0 Å². The summed E-state index contributed by atoms with van der Waals surface area (Å²) in [6.45, 7) is 2.96. The quantitative estimate of drug-likeness (QED) is 0.346. The molecule has 0 amide bonds. The number of Topliss-reactive ketones (excluding diaryl/α,β-unsaturated/α-hetero) is 1. The summed E-state index contributed by atoms with van der Waals surface area (Å²) in [5.74, 6) is -3.06. The van der Waals surface area contributed by atoms with Crippen molar-refractivity contribution in [2.75, 3.05) is 14.2 Å². The molecular formula is C28H31NO10. The van der Waals surface area contributed by atoms with Gasteiger partial charge in [-0.2, -0.15) is 0 Å². The lowest BCUT2D eigenvalue weighted by Crippen LogP contribution is -2.53. The highest BCUT2D eigenvalue weighted by molar-refractivity contribution is 6.31. The zero-order valence-corrected chi connectivity index (χ0v) is 22.0. The van der Waals surface area contributed by atoms with E-state index in [-0.39, 0.29) is 46.9 Å². The SMILES string of the molecule is COc1cccc2c1C(=O)c1c(O)c3c(c(O)c1C2=O)C[C@@](O)(C(C)=O)C[C@@H]3O[C@H]1C[C@H](N)[C@@H](OC)[C@H](C)O1. The van der Waals surface area contributed by atoms with Crippen LogP contribution in [0.25, 0.3) is 0 Å². The zero-order chi connectivity index (χ0) is 28.4. The molecule has 0 bridgehead atoms. The standard InChI is InChI=1S/C28H31NO10/c1-11-27(37-4)15(29)8-18(38-11)39-17-10-28(35,12(2)30)9-14-20(17)26(34)22-21(24(14)32)23(31)13-6-5-7-16(36-3)19(13)25(22)33/h5-7,11,15,17-18,27,32,34-35H,8-10,29H2,1-4H3/t11-,15-,17-,18-,27-,28-/m0/s1. The molecule has 5 N–H and O–H groups in total. The van der Waals surface area contributed by atoms with Gasteiger partial charge in [-0.3, -0.25) is 14.4 Å². The van der Waals surface area contributed by atoms with Crippen LogP contribution < -0.4 is 10.5 Å². The van der Waals surface area contributed by atoms with Crippen LogP contribution in [0, 0.1) is 0 Å². The van der Waals surface area contributed by atoms with E-state index in [1.54, 1.807) is 6.92 Å². The third-order valence-electron chi connectivity index (χ3n) is 8.04. The van der Waals surface area contributed by atoms with E-state index < -0.39 is 76.5 Å². The predicted molar refractivity (Wildman–Crippen MR) is 135 cm³/mol. The Hall–Kier alpha value is -3.35. The van der Waals surface area contributed by atoms with Gasteiger partial charge in [0.15, 0.2) is 17.9 Å². The number of phenols is 2. The number of aromatic hydroxyl groups is 2. The van der Waals surface area contributed by atoms with E-state index in [9.17, 15) is 29.7 Å². The summed E-state index contributed by atoms with van der Waals surface area (Å²) in [4.78, 5) is 39.7. The van der Waals surface area contributed by atoms with Crippen molar-refractivity contribution >= 4 is 17.3 Å². The van der Waals surface area contributed by atoms with Crippen LogP contribution in [0.3, 0.4) is 0 Å². The number of phenolic OH excluding ortho intramolecular Hbond substituents is 2. The van der Waals surface area contributed by atoms with Crippen molar-refractivity contribution in [3.8, 4) is 17.2 Å². The topological polar surface area (TPSA) is 175 Å². The molecule has 3 aliphatic rings. The van der Waals surface area contributed by atoms with E-state index in [0.717, 1.165) is 0 Å². The van der Waals surface area contributed by atoms with Crippen LogP contribution in [0.4, 0.5) is 0 Å². The second-order valence-corrected chi connectivity index (χ2v) is 10.3. The number of carbonyl (C=O) groups is 3. The van der Waals surface area contributed by atoms with Crippen molar-refractivity contribution in [3.05, 3.63) is 51.6 Å². The highest BCUT2D eigenvalue weighted by atomic mass is 16.7. The maximum Gasteiger partial charge on any atom is 0.202 e. The summed E-state index contributed by atoms with van der Waals surface area (Å²) in [6, 6.07) is 4.02. The fourth-order valence-corrected chi connectivity index (χ4v) is 6.02. The van der Waals surface area contributed by atoms with Gasteiger partial charge in [-0.25, -0.2) is 0 Å². The number of ether oxygens (including phenoxy) is 4. The number of rotatable bonds is 5. The molecule has 0 unspecified atom stereocenters. The summed E-state index contributed by atoms with van der Waals surface area (Å²) < 4.78 is 22.8. The molecule has 2 aliphatic carbocycles. The normalized spacial score (nSPS) is 29.8. The Morgan fingerprint density at radius 1 is 1.10 bits per heavy atom. The van der Waals surface area contributed by atoms with Gasteiger partial charge >= 0.3 is 0 Å². The molecule has 2 aromatic rings. The number of nitrogens with two attached hydrogens (primary N) is 1. The van der Waals surface area contributed by atoms with E-state index >= 15 is 0 Å². The Morgan fingerprint density at radius 3 is 2.41 bits per heavy atom. The van der Waals surface area contributed by atoms with Crippen molar-refractivity contribution < 1.29 is 48.7 Å². The van der Waals surface area contributed by atoms with Gasteiger partial charge in [-0.05, 0) is 19.9 Å². The molecule has 1 heterocycles. The molecule has 0 spiro atoms. The Labute approximate surface area is 224 Å². The Balaban J connectivity index is 1.66. The molecule has 0 saturated carbocycles. The fourth-order valence-electron chi connectivity index (χ4n) is 6.02. The molecule has 1 aliphatic heterocycles. The number of aliphatic hydroxyl groups is 1. The molecule has 11 heteroatoms. The van der Waals surface area contributed by atoms with Gasteiger partial charge in [-0.1, -0.05) is 12.1 Å². The molecule has 0 radical (unpaired) electrons. The van der Waals surface area contributed by atoms with Crippen molar-refractivity contribution in [2.45, 2.75) is 69.4 Å². The zero-order valence-electron chi connectivity index (χ0n) is 22.0. The highest BCUT2D eigenvalue weighted by Gasteiger charge is 2.49. The lowest BCUT2D eigenvalue weighted by Gasteiger charge is -2.42. The number of methoxy groups -OCH3 is 2. The number of hydrogen-bond acceptors (Lipinski definition) is 11. The second kappa shape index (κ2) is 9.68. The number of fused-ring (bicyclic) bond motifs is 3. The lowest BCUT2D eigenvalue weighted by atomic mass is 9.72. The Bertz CT molecular complexity index is 1380. The molecular weight excluding hydrogens is 510 g/mol. The first-order valence-corrected chi connectivity index (χ1v) is 12.6. The highest BCUT2D eigenvalue weighted by Crippen LogP contribution is 2.52. The third-order valence-corrected chi connectivity index (χ3v) is 8.04. The number of carbonyl (C=O) groups excluding carboxylic acids is 3. The lowest BCUT2D eigenvalue weighted by molar-refractivity contribution is -0.250. The molecule has 1 fully saturated rings. The van der Waals surface area contributed by atoms with Crippen LogP contribution in [0.2, 0.25) is 0 Å². The summed E-state index contributed by atoms with van der Waals surface area (Å²) in [6.07, 6.45) is -3.43. The van der Waals surface area contributed by atoms with Gasteiger partial charge in [0.25, 0.3) is 0 Å². The Morgan fingerprint density at radius 2 is 1.79 bits per heavy atom. The van der Waals surface area contributed by atoms with E-state index in [4.69, 9.17) is 24.7 Å². The molecule has 2 aromatic carbocycles. The van der Waals surface area contributed by atoms with Gasteiger partial charge in [0.1, 0.15) is 22.8 Å². The van der Waals surface area contributed by atoms with Gasteiger partial charge in [-0.15, -0.1) is 0 Å². The van der Waals surface area contributed by atoms with Crippen LogP contribution in [-0.2, 0) is 25.4 Å². The van der Waals surface area contributed by atoms with Crippen LogP contribution >= 0.6 is 0 Å². The summed E-state index contributed by atoms with van der Waals surface area (Å²) in [7, 11) is 2.87. The van der Waals surface area contributed by atoms with Crippen molar-refractivity contribution in [1.29, 1.82) is 0 Å². The minimum absolute atomic E-state index is 0.00165. The van der Waals surface area contributed by atoms with Crippen molar-refractivity contribution in [1.82, 2.24) is 0 Å². The van der Waals surface area contributed by atoms with Crippen LogP contribution in [0.15, 0.2) is 18.2 Å². The minimum atomic E-state index is -1.98. The predicted octanol–water partition coefficient (Wildman–Crippen LogP) is 1.68. The first-order valence-electron chi connectivity index (χ1n) is 12.6. The number of hydrogen-bond donors (Lipinski definition) is 4. The smallest absolute Gasteiger partial charge is 0.202 e. The summed E-state index contributed by atoms with van der Waals surface area (Å²) in [5.41, 5.74) is 3.36. The third kappa shape index (κ3) is 4.12. The molecule has 1 saturated heterocycles. The first-order chi connectivity index (χ1) is 18.4. The van der Waals surface area contributed by atoms with Crippen LogP contribution in [0.5, 0.6) is 17.2 Å². The molecule has 5 rings (SSSR count). The van der Waals surface area contributed by atoms with Crippen LogP contribution in [0.1, 0.15) is 75.8 Å². The monoisotopic (exact) mass is 541 g/mol. The van der Waals surface area contributed by atoms with E-state index in [0.29, 0.717) is 0 Å². The van der Waals surface area contributed by atoms with E-state index in [1.165, 1.54) is 39.3 Å². The molecule has 39 heavy (non-hydrogen) atoms. The van der Waals surface area contributed by atoms with Gasteiger partial charge < -0.3 is 40.0 Å². The number of ketones is 3. The molecule has 0 aromatic heterocycles. The molecule has 6 atom stereocenters. The average molecular weight is 542 g/mol. The van der Waals surface area contributed by atoms with Gasteiger partial charge in [0, 0.05) is 49.1 Å². The average Bonchev–Trinajstić information content (AvgIpc) is 2.88. The molecule has 11 nitrogen and oxygen atoms in total. The van der Waals surface area contributed by atoms with E-state index in [2.05, 4.69) is 0 Å². The second-order valence-electron chi connectivity index (χ2n) is 10.3. The van der Waals surface area contributed by atoms with Gasteiger partial charge in [0.2, 0.25) is 5.78 Å². The fraction of sp³-hybridized carbons (Fsp3) is 0.464. The maximum absolute atomic E-state index is 13.7. The maximum atomic E-state index is 13.7. The minimum Gasteiger partial charge on any atom is -0.507 e. The van der Waals surface area contributed by atoms with Gasteiger partial charge in [0.05, 0.1) is 42.1 Å². The molecule has 208 valence electrons. The largest absolute Gasteiger partial charge is 0.507 e. The van der Waals surface area contributed by atoms with Crippen molar-refractivity contribution in [2.24, 2.45) is 5.73 Å². The Kier molecular flexibility index (Phi) is 6.76. The summed E-state index contributed by atoms with van der Waals surface area (Å²) >= 11 is 0. The first kappa shape index (κ1) is 27.2.